The van der Waals surface area contributed by atoms with Gasteiger partial charge in [-0.1, -0.05) is 27.7 Å². The van der Waals surface area contributed by atoms with Crippen LogP contribution in [0.5, 0.6) is 0 Å². The van der Waals surface area contributed by atoms with E-state index in [1.807, 2.05) is 0 Å². The van der Waals surface area contributed by atoms with Crippen molar-refractivity contribution in [3.8, 4) is 6.07 Å². The molecule has 0 bridgehead atoms. The molecule has 0 saturated heterocycles. The summed E-state index contributed by atoms with van der Waals surface area (Å²) >= 11 is 0. The number of hydrogen-bond acceptors (Lipinski definition) is 2. The average molecular weight is 250 g/mol. The minimum Gasteiger partial charge on any atom is -0.379 e. The Kier molecular flexibility index (Phi) is 2.62. The zero-order valence-corrected chi connectivity index (χ0v) is 10.9. The second-order valence-electron chi connectivity index (χ2n) is 5.92. The minimum atomic E-state index is -1.08. The first-order valence-corrected chi connectivity index (χ1v) is 5.88. The zero-order valence-electron chi connectivity index (χ0n) is 10.9. The van der Waals surface area contributed by atoms with Gasteiger partial charge in [0.15, 0.2) is 11.6 Å². The van der Waals surface area contributed by atoms with Crippen molar-refractivity contribution in [3.05, 3.63) is 29.3 Å². The Morgan fingerprint density at radius 3 is 2.11 bits per heavy atom. The van der Waals surface area contributed by atoms with Crippen molar-refractivity contribution < 1.29 is 8.78 Å². The standard InChI is InChI=1S/C14H16F2N2/c1-13(2)12(14(13,3)4)18-9-6-5-8(7-17)10(15)11(9)16/h5-6,12,18H,1-4H3. The van der Waals surface area contributed by atoms with Crippen LogP contribution in [0.25, 0.3) is 0 Å². The van der Waals surface area contributed by atoms with Crippen molar-refractivity contribution in [2.75, 3.05) is 5.32 Å². The van der Waals surface area contributed by atoms with Crippen LogP contribution in [-0.4, -0.2) is 6.04 Å². The van der Waals surface area contributed by atoms with Gasteiger partial charge in [0.1, 0.15) is 6.07 Å². The quantitative estimate of drug-likeness (QED) is 0.869. The van der Waals surface area contributed by atoms with Crippen molar-refractivity contribution in [3.63, 3.8) is 0 Å². The van der Waals surface area contributed by atoms with Crippen LogP contribution in [0, 0.1) is 33.8 Å². The molecule has 1 aromatic rings. The topological polar surface area (TPSA) is 35.8 Å². The molecule has 96 valence electrons. The van der Waals surface area contributed by atoms with Crippen LogP contribution < -0.4 is 5.32 Å². The molecule has 2 rings (SSSR count). The van der Waals surface area contributed by atoms with Gasteiger partial charge < -0.3 is 5.32 Å². The van der Waals surface area contributed by atoms with E-state index < -0.39 is 11.6 Å². The van der Waals surface area contributed by atoms with Crippen LogP contribution >= 0.6 is 0 Å². The number of nitriles is 1. The molecule has 0 aromatic heterocycles. The fourth-order valence-corrected chi connectivity index (χ4v) is 2.46. The molecule has 0 radical (unpaired) electrons. The molecule has 0 spiro atoms. The Bertz CT molecular complexity index is 527. The van der Waals surface area contributed by atoms with Gasteiger partial charge in [-0.25, -0.2) is 8.78 Å². The first kappa shape index (κ1) is 12.8. The smallest absolute Gasteiger partial charge is 0.183 e. The van der Waals surface area contributed by atoms with Crippen LogP contribution in [0.3, 0.4) is 0 Å². The maximum atomic E-state index is 13.8. The van der Waals surface area contributed by atoms with Crippen LogP contribution in [0.15, 0.2) is 12.1 Å². The molecule has 0 amide bonds. The Morgan fingerprint density at radius 1 is 1.11 bits per heavy atom. The van der Waals surface area contributed by atoms with Gasteiger partial charge in [-0.3, -0.25) is 0 Å². The summed E-state index contributed by atoms with van der Waals surface area (Å²) in [5, 5.41) is 11.6. The highest BCUT2D eigenvalue weighted by Gasteiger charge is 2.65. The molecule has 1 aliphatic carbocycles. The second-order valence-corrected chi connectivity index (χ2v) is 5.92. The van der Waals surface area contributed by atoms with E-state index in [1.165, 1.54) is 12.1 Å². The summed E-state index contributed by atoms with van der Waals surface area (Å²) in [6.45, 7) is 8.34. The van der Waals surface area contributed by atoms with Gasteiger partial charge in [-0.15, -0.1) is 0 Å². The molecule has 1 aliphatic rings. The number of nitrogens with zero attached hydrogens (tertiary/aromatic N) is 1. The number of nitrogens with one attached hydrogen (secondary N) is 1. The van der Waals surface area contributed by atoms with Crippen LogP contribution in [0.2, 0.25) is 0 Å². The molecular formula is C14H16F2N2. The summed E-state index contributed by atoms with van der Waals surface area (Å²) in [6.07, 6.45) is 0. The van der Waals surface area contributed by atoms with Gasteiger partial charge in [-0.2, -0.15) is 5.26 Å². The lowest BCUT2D eigenvalue weighted by atomic mass is 10.0. The zero-order chi connectivity index (χ0) is 13.7. The largest absolute Gasteiger partial charge is 0.379 e. The van der Waals surface area contributed by atoms with Gasteiger partial charge in [0.05, 0.1) is 11.3 Å². The van der Waals surface area contributed by atoms with E-state index in [-0.39, 0.29) is 28.1 Å². The molecular weight excluding hydrogens is 234 g/mol. The normalized spacial score (nSPS) is 20.3. The monoisotopic (exact) mass is 250 g/mol. The highest BCUT2D eigenvalue weighted by Crippen LogP contribution is 2.63. The number of anilines is 1. The predicted octanol–water partition coefficient (Wildman–Crippen LogP) is 3.68. The van der Waals surface area contributed by atoms with Crippen LogP contribution in [-0.2, 0) is 0 Å². The maximum Gasteiger partial charge on any atom is 0.183 e. The van der Waals surface area contributed by atoms with Crippen molar-refractivity contribution in [2.24, 2.45) is 10.8 Å². The lowest BCUT2D eigenvalue weighted by Gasteiger charge is -2.10. The maximum absolute atomic E-state index is 13.8. The fourth-order valence-electron chi connectivity index (χ4n) is 2.46. The summed E-state index contributed by atoms with van der Waals surface area (Å²) in [5.74, 6) is -2.06. The Labute approximate surface area is 106 Å². The van der Waals surface area contributed by atoms with E-state index in [0.29, 0.717) is 0 Å². The van der Waals surface area contributed by atoms with Gasteiger partial charge in [0.25, 0.3) is 0 Å². The van der Waals surface area contributed by atoms with Crippen molar-refractivity contribution >= 4 is 5.69 Å². The minimum absolute atomic E-state index is 0.0316. The number of benzene rings is 1. The molecule has 18 heavy (non-hydrogen) atoms. The molecule has 0 heterocycles. The molecule has 2 nitrogen and oxygen atoms in total. The molecule has 0 atom stereocenters. The van der Waals surface area contributed by atoms with Gasteiger partial charge in [0.2, 0.25) is 0 Å². The summed E-state index contributed by atoms with van der Waals surface area (Å²) in [5.41, 5.74) is -0.0873. The Hall–Kier alpha value is -1.63. The van der Waals surface area contributed by atoms with Crippen LogP contribution in [0.1, 0.15) is 33.3 Å². The van der Waals surface area contributed by atoms with E-state index in [1.54, 1.807) is 6.07 Å². The summed E-state index contributed by atoms with van der Waals surface area (Å²) < 4.78 is 27.2. The van der Waals surface area contributed by atoms with E-state index in [4.69, 9.17) is 5.26 Å². The highest BCUT2D eigenvalue weighted by molar-refractivity contribution is 5.52. The third kappa shape index (κ3) is 1.58. The fraction of sp³-hybridized carbons (Fsp3) is 0.500. The Morgan fingerprint density at radius 2 is 1.67 bits per heavy atom. The molecule has 0 unspecified atom stereocenters. The van der Waals surface area contributed by atoms with E-state index in [2.05, 4.69) is 33.0 Å². The highest BCUT2D eigenvalue weighted by atomic mass is 19.2. The number of hydrogen-bond donors (Lipinski definition) is 1. The molecule has 1 aromatic carbocycles. The SMILES string of the molecule is CC1(C)C(Nc2ccc(C#N)c(F)c2F)C1(C)C. The van der Waals surface area contributed by atoms with Gasteiger partial charge in [0, 0.05) is 6.04 Å². The molecule has 4 heteroatoms. The molecule has 1 fully saturated rings. The lowest BCUT2D eigenvalue weighted by molar-refractivity contribution is 0.457. The molecule has 0 aliphatic heterocycles. The van der Waals surface area contributed by atoms with Crippen LogP contribution in [0.4, 0.5) is 14.5 Å². The number of rotatable bonds is 2. The summed E-state index contributed by atoms with van der Waals surface area (Å²) in [7, 11) is 0. The second kappa shape index (κ2) is 3.68. The first-order chi connectivity index (χ1) is 8.23. The van der Waals surface area contributed by atoms with Gasteiger partial charge >= 0.3 is 0 Å². The van der Waals surface area contributed by atoms with Crippen molar-refractivity contribution in [1.82, 2.24) is 0 Å². The predicted molar refractivity (Wildman–Crippen MR) is 66.0 cm³/mol. The third-order valence-corrected chi connectivity index (χ3v) is 4.52. The number of halogens is 2. The lowest BCUT2D eigenvalue weighted by Crippen LogP contribution is -2.12. The molecule has 1 N–H and O–H groups in total. The Balaban J connectivity index is 2.29. The summed E-state index contributed by atoms with van der Waals surface area (Å²) in [4.78, 5) is 0. The van der Waals surface area contributed by atoms with Crippen molar-refractivity contribution in [2.45, 2.75) is 33.7 Å². The van der Waals surface area contributed by atoms with E-state index in [9.17, 15) is 8.78 Å². The summed E-state index contributed by atoms with van der Waals surface area (Å²) in [6, 6.07) is 4.42. The van der Waals surface area contributed by atoms with E-state index >= 15 is 0 Å². The van der Waals surface area contributed by atoms with E-state index in [0.717, 1.165) is 0 Å². The molecule has 1 saturated carbocycles. The van der Waals surface area contributed by atoms with Crippen molar-refractivity contribution in [1.29, 1.82) is 5.26 Å². The first-order valence-electron chi connectivity index (χ1n) is 5.88. The average Bonchev–Trinajstić information content (AvgIpc) is 2.67. The third-order valence-electron chi connectivity index (χ3n) is 4.52. The van der Waals surface area contributed by atoms with Gasteiger partial charge in [-0.05, 0) is 23.0 Å².